The monoisotopic (exact) mass is 669 g/mol. The average molecular weight is 671 g/mol. The Bertz CT molecular complexity index is 1750. The molecule has 0 atom stereocenters. The summed E-state index contributed by atoms with van der Waals surface area (Å²) >= 11 is 10.2. The zero-order valence-corrected chi connectivity index (χ0v) is 27.2. The molecule has 0 bridgehead atoms. The summed E-state index contributed by atoms with van der Waals surface area (Å²) in [4.78, 5) is 30.6. The van der Waals surface area contributed by atoms with Crippen molar-refractivity contribution in [2.45, 2.75) is 40.5 Å². The Labute approximate surface area is 263 Å². The van der Waals surface area contributed by atoms with Gasteiger partial charge in [0, 0.05) is 15.6 Å². The first-order valence-electron chi connectivity index (χ1n) is 13.8. The standard InChI is InChI=1S/C32H33BrClN3O6/c1-7-41-26-14-20(28(33)29(34)30(26)43-17-27(38)42-8-2)16-35-37-31(36-24-12-10-9-11-21(24)32(37)39)23-15-22(18(3)4)25(40-6)13-19(23)5/h9-16,18H,7-8,17H2,1-6H3. The Balaban J connectivity index is 1.89. The number of rotatable bonds is 11. The van der Waals surface area contributed by atoms with Gasteiger partial charge in [-0.3, -0.25) is 4.79 Å². The van der Waals surface area contributed by atoms with Crippen LogP contribution in [0.3, 0.4) is 0 Å². The van der Waals surface area contributed by atoms with Crippen molar-refractivity contribution in [3.05, 3.63) is 79.0 Å². The highest BCUT2D eigenvalue weighted by Crippen LogP contribution is 2.42. The molecule has 0 fully saturated rings. The average Bonchev–Trinajstić information content (AvgIpc) is 2.98. The van der Waals surface area contributed by atoms with Gasteiger partial charge in [0.15, 0.2) is 23.9 Å². The minimum Gasteiger partial charge on any atom is -0.496 e. The van der Waals surface area contributed by atoms with Crippen LogP contribution >= 0.6 is 27.5 Å². The second-order valence-corrected chi connectivity index (χ2v) is 11.0. The van der Waals surface area contributed by atoms with E-state index < -0.39 is 5.97 Å². The summed E-state index contributed by atoms with van der Waals surface area (Å²) < 4.78 is 23.7. The zero-order chi connectivity index (χ0) is 31.3. The fourth-order valence-corrected chi connectivity index (χ4v) is 5.18. The number of aromatic nitrogens is 2. The smallest absolute Gasteiger partial charge is 0.344 e. The Morgan fingerprint density at radius 3 is 2.53 bits per heavy atom. The molecule has 226 valence electrons. The first kappa shape index (κ1) is 32.0. The summed E-state index contributed by atoms with van der Waals surface area (Å²) in [5, 5.41) is 5.22. The molecule has 0 N–H and O–H groups in total. The number of halogens is 2. The number of ether oxygens (including phenoxy) is 4. The van der Waals surface area contributed by atoms with Gasteiger partial charge in [-0.1, -0.05) is 37.6 Å². The molecule has 11 heteroatoms. The van der Waals surface area contributed by atoms with Gasteiger partial charge in [0.25, 0.3) is 5.56 Å². The van der Waals surface area contributed by atoms with Crippen LogP contribution in [-0.4, -0.2) is 48.8 Å². The van der Waals surface area contributed by atoms with E-state index in [0.717, 1.165) is 22.4 Å². The van der Waals surface area contributed by atoms with Crippen molar-refractivity contribution < 1.29 is 23.7 Å². The van der Waals surface area contributed by atoms with E-state index in [-0.39, 0.29) is 35.5 Å². The summed E-state index contributed by atoms with van der Waals surface area (Å²) in [6.45, 7) is 9.83. The predicted molar refractivity (Wildman–Crippen MR) is 172 cm³/mol. The van der Waals surface area contributed by atoms with Gasteiger partial charge in [0.1, 0.15) is 10.8 Å². The topological polar surface area (TPSA) is 101 Å². The van der Waals surface area contributed by atoms with Crippen LogP contribution in [0, 0.1) is 6.92 Å². The molecule has 0 aliphatic carbocycles. The highest BCUT2D eigenvalue weighted by atomic mass is 79.9. The van der Waals surface area contributed by atoms with Crippen LogP contribution in [0.1, 0.15) is 50.3 Å². The molecule has 0 unspecified atom stereocenters. The second kappa shape index (κ2) is 14.1. The number of carbonyl (C=O) groups excluding carboxylic acids is 1. The molecule has 4 aromatic rings. The van der Waals surface area contributed by atoms with E-state index in [1.165, 1.54) is 10.9 Å². The number of hydrogen-bond acceptors (Lipinski definition) is 8. The highest BCUT2D eigenvalue weighted by molar-refractivity contribution is 9.10. The van der Waals surface area contributed by atoms with Crippen LogP contribution in [0.15, 0.2) is 56.8 Å². The lowest BCUT2D eigenvalue weighted by Gasteiger charge is -2.18. The molecule has 1 aromatic heterocycles. The van der Waals surface area contributed by atoms with E-state index in [1.807, 2.05) is 32.0 Å². The van der Waals surface area contributed by atoms with Crippen molar-refractivity contribution in [2.75, 3.05) is 26.9 Å². The van der Waals surface area contributed by atoms with Gasteiger partial charge < -0.3 is 18.9 Å². The van der Waals surface area contributed by atoms with Gasteiger partial charge >= 0.3 is 5.97 Å². The molecule has 0 amide bonds. The minimum atomic E-state index is -0.534. The third-order valence-electron chi connectivity index (χ3n) is 6.60. The number of aryl methyl sites for hydroxylation is 1. The molecule has 3 aromatic carbocycles. The van der Waals surface area contributed by atoms with Crippen LogP contribution in [-0.2, 0) is 9.53 Å². The third kappa shape index (κ3) is 6.86. The van der Waals surface area contributed by atoms with E-state index in [0.29, 0.717) is 39.1 Å². The van der Waals surface area contributed by atoms with E-state index in [2.05, 4.69) is 34.9 Å². The van der Waals surface area contributed by atoms with Crippen molar-refractivity contribution in [1.29, 1.82) is 0 Å². The molecule has 0 aliphatic heterocycles. The lowest BCUT2D eigenvalue weighted by atomic mass is 9.96. The second-order valence-electron chi connectivity index (χ2n) is 9.83. The first-order valence-corrected chi connectivity index (χ1v) is 15.0. The van der Waals surface area contributed by atoms with Crippen LogP contribution in [0.25, 0.3) is 22.3 Å². The van der Waals surface area contributed by atoms with E-state index >= 15 is 0 Å². The molecule has 0 spiro atoms. The number of fused-ring (bicyclic) bond motifs is 1. The van der Waals surface area contributed by atoms with Gasteiger partial charge in [0.05, 0.1) is 37.4 Å². The van der Waals surface area contributed by atoms with Crippen molar-refractivity contribution in [2.24, 2.45) is 5.10 Å². The van der Waals surface area contributed by atoms with Gasteiger partial charge in [0.2, 0.25) is 0 Å². The summed E-state index contributed by atoms with van der Waals surface area (Å²) in [5.74, 6) is 1.26. The molecule has 43 heavy (non-hydrogen) atoms. The fraction of sp³-hybridized carbons (Fsp3) is 0.312. The SMILES string of the molecule is CCOC(=O)COc1c(OCC)cc(C=Nn2c(-c3cc(C(C)C)c(OC)cc3C)nc3ccccc3c2=O)c(Br)c1Cl. The quantitative estimate of drug-likeness (QED) is 0.123. The van der Waals surface area contributed by atoms with Gasteiger partial charge in [-0.15, -0.1) is 0 Å². The van der Waals surface area contributed by atoms with Crippen molar-refractivity contribution in [3.63, 3.8) is 0 Å². The third-order valence-corrected chi connectivity index (χ3v) is 8.04. The maximum Gasteiger partial charge on any atom is 0.344 e. The predicted octanol–water partition coefficient (Wildman–Crippen LogP) is 7.14. The Morgan fingerprint density at radius 1 is 1.12 bits per heavy atom. The molecule has 0 radical (unpaired) electrons. The summed E-state index contributed by atoms with van der Waals surface area (Å²) in [7, 11) is 1.64. The molecule has 0 saturated carbocycles. The van der Waals surface area contributed by atoms with E-state index in [9.17, 15) is 9.59 Å². The summed E-state index contributed by atoms with van der Waals surface area (Å²) in [6, 6.07) is 12.8. The lowest BCUT2D eigenvalue weighted by molar-refractivity contribution is -0.145. The minimum absolute atomic E-state index is 0.165. The van der Waals surface area contributed by atoms with E-state index in [4.69, 9.17) is 35.5 Å². The van der Waals surface area contributed by atoms with Crippen LogP contribution in [0.4, 0.5) is 0 Å². The molecular formula is C32H33BrClN3O6. The van der Waals surface area contributed by atoms with Crippen LogP contribution < -0.4 is 19.8 Å². The van der Waals surface area contributed by atoms with Crippen molar-refractivity contribution in [1.82, 2.24) is 9.66 Å². The number of nitrogens with zero attached hydrogens (tertiary/aromatic N) is 3. The number of esters is 1. The molecule has 9 nitrogen and oxygen atoms in total. The van der Waals surface area contributed by atoms with Crippen molar-refractivity contribution >= 4 is 50.6 Å². The molecular weight excluding hydrogens is 638 g/mol. The van der Waals surface area contributed by atoms with Gasteiger partial charge in [-0.25, -0.2) is 9.78 Å². The van der Waals surface area contributed by atoms with Gasteiger partial charge in [-0.2, -0.15) is 9.78 Å². The molecule has 4 rings (SSSR count). The lowest BCUT2D eigenvalue weighted by Crippen LogP contribution is -2.21. The Hall–Kier alpha value is -3.89. The Kier molecular flexibility index (Phi) is 10.5. The fourth-order valence-electron chi connectivity index (χ4n) is 4.52. The zero-order valence-electron chi connectivity index (χ0n) is 24.9. The van der Waals surface area contributed by atoms with Crippen molar-refractivity contribution in [3.8, 4) is 28.6 Å². The number of carbonyl (C=O) groups is 1. The Morgan fingerprint density at radius 2 is 1.86 bits per heavy atom. The number of para-hydroxylation sites is 1. The first-order chi connectivity index (χ1) is 20.6. The maximum atomic E-state index is 13.8. The number of hydrogen-bond donors (Lipinski definition) is 0. The normalized spacial score (nSPS) is 11.4. The number of methoxy groups -OCH3 is 1. The molecule has 0 aliphatic rings. The van der Waals surface area contributed by atoms with E-state index in [1.54, 1.807) is 38.3 Å². The highest BCUT2D eigenvalue weighted by Gasteiger charge is 2.21. The summed E-state index contributed by atoms with van der Waals surface area (Å²) in [5.41, 5.74) is 3.34. The molecule has 0 saturated heterocycles. The van der Waals surface area contributed by atoms with Crippen LogP contribution in [0.2, 0.25) is 5.02 Å². The largest absolute Gasteiger partial charge is 0.496 e. The number of benzene rings is 3. The maximum absolute atomic E-state index is 13.8. The van der Waals surface area contributed by atoms with Gasteiger partial charge in [-0.05, 0) is 84.1 Å². The summed E-state index contributed by atoms with van der Waals surface area (Å²) in [6.07, 6.45) is 1.50. The van der Waals surface area contributed by atoms with Crippen LogP contribution in [0.5, 0.6) is 17.2 Å². The molecule has 1 heterocycles.